The summed E-state index contributed by atoms with van der Waals surface area (Å²) in [5, 5.41) is 0. The molecule has 2 aliphatic rings. The van der Waals surface area contributed by atoms with Crippen LogP contribution in [0.3, 0.4) is 0 Å². The van der Waals surface area contributed by atoms with Gasteiger partial charge in [-0.15, -0.1) is 0 Å². The molecule has 0 spiro atoms. The van der Waals surface area contributed by atoms with Crippen LogP contribution < -0.4 is 4.74 Å². The van der Waals surface area contributed by atoms with E-state index in [1.54, 1.807) is 6.07 Å². The minimum absolute atomic E-state index is 0.137. The van der Waals surface area contributed by atoms with Crippen molar-refractivity contribution in [3.05, 3.63) is 70.2 Å². The van der Waals surface area contributed by atoms with Crippen LogP contribution in [0.5, 0.6) is 5.75 Å². The van der Waals surface area contributed by atoms with Crippen molar-refractivity contribution in [1.82, 2.24) is 9.88 Å². The number of fused-ring (bicyclic) bond motifs is 1. The van der Waals surface area contributed by atoms with Gasteiger partial charge in [0.25, 0.3) is 0 Å². The van der Waals surface area contributed by atoms with Crippen molar-refractivity contribution >= 4 is 18.2 Å². The maximum absolute atomic E-state index is 13.3. The van der Waals surface area contributed by atoms with E-state index in [0.29, 0.717) is 41.4 Å². The van der Waals surface area contributed by atoms with E-state index in [-0.39, 0.29) is 5.75 Å². The molecule has 0 saturated carbocycles. The van der Waals surface area contributed by atoms with E-state index in [2.05, 4.69) is 78.5 Å². The second-order valence-electron chi connectivity index (χ2n) is 13.5. The molecule has 0 bridgehead atoms. The Morgan fingerprint density at radius 3 is 2.39 bits per heavy atom. The fourth-order valence-electron chi connectivity index (χ4n) is 5.81. The van der Waals surface area contributed by atoms with Gasteiger partial charge in [0, 0.05) is 23.7 Å². The zero-order valence-corrected chi connectivity index (χ0v) is 27.3. The molecule has 0 radical (unpaired) electrons. The van der Waals surface area contributed by atoms with Crippen LogP contribution in [0, 0.1) is 12.8 Å². The maximum atomic E-state index is 13.3. The van der Waals surface area contributed by atoms with Crippen molar-refractivity contribution in [3.63, 3.8) is 0 Å². The minimum Gasteiger partial charge on any atom is -0.436 e. The molecule has 44 heavy (non-hydrogen) atoms. The number of allylic oxidation sites excluding steroid dienone is 4. The molecule has 236 valence electrons. The number of ether oxygens (including phenoxy) is 1. The monoisotopic (exact) mass is 606 g/mol. The third-order valence-corrected chi connectivity index (χ3v) is 9.17. The molecule has 5 rings (SSSR count). The number of alkyl halides is 2. The smallest absolute Gasteiger partial charge is 0.436 e. The highest BCUT2D eigenvalue weighted by Gasteiger charge is 2.52. The minimum atomic E-state index is -2.92. The molecule has 3 heterocycles. The van der Waals surface area contributed by atoms with Gasteiger partial charge >= 0.3 is 13.7 Å². The molecule has 2 aliphatic heterocycles. The van der Waals surface area contributed by atoms with Crippen molar-refractivity contribution in [3.8, 4) is 17.2 Å². The van der Waals surface area contributed by atoms with Crippen molar-refractivity contribution in [2.45, 2.75) is 99.0 Å². The molecule has 6 nitrogen and oxygen atoms in total. The highest BCUT2D eigenvalue weighted by molar-refractivity contribution is 6.55. The molecule has 0 atom stereocenters. The van der Waals surface area contributed by atoms with Crippen LogP contribution in [-0.4, -0.2) is 47.9 Å². The molecule has 0 aliphatic carbocycles. The normalized spacial score (nSPS) is 19.2. The number of hydrogen-bond acceptors (Lipinski definition) is 6. The highest BCUT2D eigenvalue weighted by atomic mass is 19.3. The van der Waals surface area contributed by atoms with E-state index in [1.165, 1.54) is 0 Å². The number of oxazole rings is 1. The van der Waals surface area contributed by atoms with Crippen LogP contribution in [0.25, 0.3) is 22.6 Å². The van der Waals surface area contributed by atoms with E-state index >= 15 is 0 Å². The average Bonchev–Trinajstić information content (AvgIpc) is 3.63. The maximum Gasteiger partial charge on any atom is 0.494 e. The highest BCUT2D eigenvalue weighted by Crippen LogP contribution is 2.40. The number of benzene rings is 2. The molecule has 1 aromatic heterocycles. The Bertz CT molecular complexity index is 1540. The van der Waals surface area contributed by atoms with E-state index in [1.807, 2.05) is 18.2 Å². The van der Waals surface area contributed by atoms with Crippen LogP contribution in [0.4, 0.5) is 8.78 Å². The summed E-state index contributed by atoms with van der Waals surface area (Å²) in [7, 11) is -0.463. The van der Waals surface area contributed by atoms with Crippen LogP contribution >= 0.6 is 0 Å². The summed E-state index contributed by atoms with van der Waals surface area (Å²) in [6.07, 6.45) is 7.22. The van der Waals surface area contributed by atoms with Gasteiger partial charge in [0.05, 0.1) is 11.2 Å². The van der Waals surface area contributed by atoms with Gasteiger partial charge in [0.1, 0.15) is 11.3 Å². The quantitative estimate of drug-likeness (QED) is 0.170. The van der Waals surface area contributed by atoms with Gasteiger partial charge in [-0.25, -0.2) is 4.98 Å². The molecule has 0 unspecified atom stereocenters. The number of halogens is 2. The van der Waals surface area contributed by atoms with Gasteiger partial charge in [-0.2, -0.15) is 8.78 Å². The zero-order chi connectivity index (χ0) is 31.8. The average molecular weight is 607 g/mol. The number of rotatable bonds is 10. The number of nitrogens with zero attached hydrogens (tertiary/aromatic N) is 2. The summed E-state index contributed by atoms with van der Waals surface area (Å²) in [6.45, 7) is 16.3. The van der Waals surface area contributed by atoms with Crippen molar-refractivity contribution in [2.24, 2.45) is 5.92 Å². The lowest BCUT2D eigenvalue weighted by Crippen LogP contribution is -2.41. The van der Waals surface area contributed by atoms with E-state index in [9.17, 15) is 8.78 Å². The zero-order valence-electron chi connectivity index (χ0n) is 27.3. The first kappa shape index (κ1) is 32.4. The van der Waals surface area contributed by atoms with Gasteiger partial charge in [-0.1, -0.05) is 43.7 Å². The van der Waals surface area contributed by atoms with E-state index in [0.717, 1.165) is 53.7 Å². The Kier molecular flexibility index (Phi) is 9.40. The lowest BCUT2D eigenvalue weighted by Gasteiger charge is -2.32. The van der Waals surface area contributed by atoms with Crippen molar-refractivity contribution in [2.75, 3.05) is 13.1 Å². The van der Waals surface area contributed by atoms with Gasteiger partial charge in [-0.3, -0.25) is 4.90 Å². The molecular formula is C35H45BF2N2O4. The summed E-state index contributed by atoms with van der Waals surface area (Å²) in [4.78, 5) is 7.06. The van der Waals surface area contributed by atoms with Crippen molar-refractivity contribution in [1.29, 1.82) is 0 Å². The topological polar surface area (TPSA) is 57.0 Å². The van der Waals surface area contributed by atoms with Crippen LogP contribution in [-0.2, 0) is 22.3 Å². The lowest BCUT2D eigenvalue weighted by molar-refractivity contribution is -0.0506. The molecular weight excluding hydrogens is 561 g/mol. The fraction of sp³-hybridized carbons (Fsp3) is 0.514. The van der Waals surface area contributed by atoms with Crippen molar-refractivity contribution < 1.29 is 27.2 Å². The first-order valence-electron chi connectivity index (χ1n) is 15.7. The molecule has 0 amide bonds. The second kappa shape index (κ2) is 12.8. The number of likely N-dealkylation sites (tertiary alicyclic amines) is 1. The molecule has 3 aromatic rings. The SMILES string of the molecule is C/C(Cc1cccc(-c2nc3cc(CN4CCCC4)c(OC(F)F)cc3o2)c1C)=C(/C=C\C(C)C)B1OC(C)(C)C(C)(C)O1. The molecule has 2 fully saturated rings. The molecule has 2 aromatic carbocycles. The van der Waals surface area contributed by atoms with Crippen LogP contribution in [0.1, 0.15) is 78.0 Å². The first-order chi connectivity index (χ1) is 20.7. The summed E-state index contributed by atoms with van der Waals surface area (Å²) in [6, 6.07) is 9.47. The van der Waals surface area contributed by atoms with Gasteiger partial charge in [0.15, 0.2) is 5.58 Å². The Labute approximate surface area is 260 Å². The third-order valence-electron chi connectivity index (χ3n) is 9.17. The number of aromatic nitrogens is 1. The standard InChI is InChI=1S/C35H45BF2N2O4/c1-22(2)14-15-28(36-43-34(5,6)35(7,8)44-36)23(3)18-25-12-11-13-27(24(25)4)32-39-29-19-26(21-40-16-9-10-17-40)30(42-33(37)38)20-31(29)41-32/h11-15,19-20,22,33H,9-10,16-18,21H2,1-8H3/b15-14-,28-23+. The third kappa shape index (κ3) is 6.95. The van der Waals surface area contributed by atoms with Crippen LogP contribution in [0.2, 0.25) is 0 Å². The molecule has 0 N–H and O–H groups in total. The van der Waals surface area contributed by atoms with E-state index in [4.69, 9.17) is 23.4 Å². The number of hydrogen-bond donors (Lipinski definition) is 0. The second-order valence-corrected chi connectivity index (χ2v) is 13.5. The fourth-order valence-corrected chi connectivity index (χ4v) is 5.81. The van der Waals surface area contributed by atoms with Gasteiger partial charge < -0.3 is 18.5 Å². The Hall–Kier alpha value is -3.01. The summed E-state index contributed by atoms with van der Waals surface area (Å²) in [5.74, 6) is 0.970. The van der Waals surface area contributed by atoms with Gasteiger partial charge in [-0.05, 0) is 109 Å². The summed E-state index contributed by atoms with van der Waals surface area (Å²) in [5.41, 5.74) is 6.07. The summed E-state index contributed by atoms with van der Waals surface area (Å²) < 4.78 is 50.6. The first-order valence-corrected chi connectivity index (χ1v) is 15.7. The van der Waals surface area contributed by atoms with E-state index < -0.39 is 24.9 Å². The predicted molar refractivity (Wildman–Crippen MR) is 172 cm³/mol. The molecule has 9 heteroatoms. The van der Waals surface area contributed by atoms with Crippen LogP contribution in [0.15, 0.2) is 57.9 Å². The largest absolute Gasteiger partial charge is 0.494 e. The Morgan fingerprint density at radius 2 is 1.75 bits per heavy atom. The Morgan fingerprint density at radius 1 is 1.07 bits per heavy atom. The predicted octanol–water partition coefficient (Wildman–Crippen LogP) is 8.70. The summed E-state index contributed by atoms with van der Waals surface area (Å²) >= 11 is 0. The Balaban J connectivity index is 1.48. The van der Waals surface area contributed by atoms with Gasteiger partial charge in [0.2, 0.25) is 5.89 Å². The molecule has 2 saturated heterocycles. The lowest BCUT2D eigenvalue weighted by atomic mass is 9.73.